The number of hydrogen-bond acceptors (Lipinski definition) is 4. The van der Waals surface area contributed by atoms with E-state index in [9.17, 15) is 4.39 Å². The third-order valence-electron chi connectivity index (χ3n) is 5.17. The molecule has 25 heavy (non-hydrogen) atoms. The molecule has 1 aromatic heterocycles. The first kappa shape index (κ1) is 17.9. The van der Waals surface area contributed by atoms with E-state index in [0.717, 1.165) is 38.1 Å². The fourth-order valence-corrected chi connectivity index (χ4v) is 3.30. The summed E-state index contributed by atoms with van der Waals surface area (Å²) in [6.45, 7) is 4.62. The highest BCUT2D eigenvalue weighted by Crippen LogP contribution is 2.26. The lowest BCUT2D eigenvalue weighted by Crippen LogP contribution is -2.48. The molecule has 1 aliphatic carbocycles. The minimum Gasteiger partial charge on any atom is -0.355 e. The Morgan fingerprint density at radius 2 is 2.28 bits per heavy atom. The Bertz CT molecular complexity index is 603. The van der Waals surface area contributed by atoms with E-state index in [0.29, 0.717) is 11.9 Å². The van der Waals surface area contributed by atoms with Gasteiger partial charge in [-0.15, -0.1) is 0 Å². The molecule has 2 unspecified atom stereocenters. The Morgan fingerprint density at radius 3 is 2.96 bits per heavy atom. The first-order valence-electron chi connectivity index (χ1n) is 9.13. The van der Waals surface area contributed by atoms with Gasteiger partial charge in [-0.2, -0.15) is 0 Å². The molecule has 2 fully saturated rings. The molecule has 1 saturated carbocycles. The second-order valence-corrected chi connectivity index (χ2v) is 7.08. The van der Waals surface area contributed by atoms with Gasteiger partial charge in [0.25, 0.3) is 0 Å². The molecule has 1 aromatic rings. The van der Waals surface area contributed by atoms with Crippen LogP contribution in [0.3, 0.4) is 0 Å². The second kappa shape index (κ2) is 7.99. The van der Waals surface area contributed by atoms with Crippen molar-refractivity contribution < 1.29 is 4.39 Å². The van der Waals surface area contributed by atoms with E-state index in [1.54, 1.807) is 19.3 Å². The molecule has 7 heteroatoms. The molecule has 0 spiro atoms. The van der Waals surface area contributed by atoms with Crippen LogP contribution in [0.1, 0.15) is 26.2 Å². The lowest BCUT2D eigenvalue weighted by Gasteiger charge is -2.26. The number of aliphatic imine (C=N–C) groups is 1. The van der Waals surface area contributed by atoms with Gasteiger partial charge in [0.05, 0.1) is 0 Å². The zero-order valence-electron chi connectivity index (χ0n) is 15.4. The zero-order valence-corrected chi connectivity index (χ0v) is 15.4. The zero-order chi connectivity index (χ0) is 17.8. The average molecular weight is 348 g/mol. The van der Waals surface area contributed by atoms with Gasteiger partial charge in [-0.1, -0.05) is 0 Å². The molecule has 0 amide bonds. The van der Waals surface area contributed by atoms with Crippen LogP contribution in [0.4, 0.5) is 10.2 Å². The molecule has 1 saturated heterocycles. The molecule has 0 aromatic carbocycles. The fourth-order valence-electron chi connectivity index (χ4n) is 3.30. The highest BCUT2D eigenvalue weighted by Gasteiger charge is 2.29. The van der Waals surface area contributed by atoms with Crippen LogP contribution in [0.25, 0.3) is 0 Å². The number of guanidine groups is 1. The van der Waals surface area contributed by atoms with Crippen LogP contribution in [-0.4, -0.2) is 67.7 Å². The number of pyridine rings is 1. The largest absolute Gasteiger partial charge is 0.355 e. The Morgan fingerprint density at radius 1 is 1.48 bits per heavy atom. The number of likely N-dealkylation sites (N-methyl/N-ethyl adjacent to an activating group) is 1. The number of anilines is 1. The maximum atomic E-state index is 13.9. The number of nitrogens with zero attached hydrogens (tertiary/aromatic N) is 4. The summed E-state index contributed by atoms with van der Waals surface area (Å²) in [7, 11) is 3.98. The predicted octanol–water partition coefficient (Wildman–Crippen LogP) is 1.45. The predicted molar refractivity (Wildman–Crippen MR) is 99.6 cm³/mol. The van der Waals surface area contributed by atoms with E-state index in [2.05, 4.69) is 39.5 Å². The van der Waals surface area contributed by atoms with E-state index in [4.69, 9.17) is 0 Å². The normalized spacial score (nSPS) is 22.4. The molecular weight excluding hydrogens is 319 g/mol. The van der Waals surface area contributed by atoms with E-state index in [-0.39, 0.29) is 11.9 Å². The van der Waals surface area contributed by atoms with Gasteiger partial charge in [-0.05, 0) is 45.4 Å². The topological polar surface area (TPSA) is 55.8 Å². The Balaban J connectivity index is 1.47. The van der Waals surface area contributed by atoms with Gasteiger partial charge in [-0.3, -0.25) is 9.89 Å². The number of aromatic nitrogens is 1. The van der Waals surface area contributed by atoms with Crippen LogP contribution in [0, 0.1) is 5.82 Å². The lowest BCUT2D eigenvalue weighted by molar-refractivity contribution is 0.247. The summed E-state index contributed by atoms with van der Waals surface area (Å²) >= 11 is 0. The van der Waals surface area contributed by atoms with Crippen LogP contribution in [0.2, 0.25) is 0 Å². The molecule has 0 bridgehead atoms. The summed E-state index contributed by atoms with van der Waals surface area (Å²) in [6, 6.07) is 4.54. The summed E-state index contributed by atoms with van der Waals surface area (Å²) in [5.41, 5.74) is 0. The minimum atomic E-state index is -0.261. The highest BCUT2D eigenvalue weighted by atomic mass is 19.1. The van der Waals surface area contributed by atoms with Gasteiger partial charge in [0.2, 0.25) is 0 Å². The van der Waals surface area contributed by atoms with E-state index >= 15 is 0 Å². The highest BCUT2D eigenvalue weighted by molar-refractivity contribution is 5.80. The molecule has 2 heterocycles. The molecule has 2 atom stereocenters. The molecule has 6 nitrogen and oxygen atoms in total. The number of rotatable bonds is 6. The van der Waals surface area contributed by atoms with Gasteiger partial charge in [-0.25, -0.2) is 9.37 Å². The summed E-state index contributed by atoms with van der Waals surface area (Å²) in [5.74, 6) is 0.987. The quantitative estimate of drug-likeness (QED) is 0.602. The van der Waals surface area contributed by atoms with Gasteiger partial charge in [0, 0.05) is 51.0 Å². The van der Waals surface area contributed by atoms with Gasteiger partial charge in [0.1, 0.15) is 0 Å². The Labute approximate surface area is 149 Å². The lowest BCUT2D eigenvalue weighted by atomic mass is 10.2. The van der Waals surface area contributed by atoms with Gasteiger partial charge < -0.3 is 15.5 Å². The molecular formula is C18H29FN6. The standard InChI is InChI=1S/C18H29FN6/c1-13(24(3)15-6-7-15)11-22-18(20-2)23-14-8-10-25(12-14)17-16(19)5-4-9-21-17/h4-5,9,13-15H,6-8,10-12H2,1-3H3,(H2,20,22,23). The molecule has 138 valence electrons. The fraction of sp³-hybridized carbons (Fsp3) is 0.667. The molecule has 2 aliphatic rings. The molecule has 3 rings (SSSR count). The van der Waals surface area contributed by atoms with Crippen molar-refractivity contribution in [3.63, 3.8) is 0 Å². The first-order chi connectivity index (χ1) is 12.1. The van der Waals surface area contributed by atoms with Crippen molar-refractivity contribution in [1.29, 1.82) is 0 Å². The monoisotopic (exact) mass is 348 g/mol. The Kier molecular flexibility index (Phi) is 5.73. The van der Waals surface area contributed by atoms with Crippen LogP contribution >= 0.6 is 0 Å². The second-order valence-electron chi connectivity index (χ2n) is 7.08. The van der Waals surface area contributed by atoms with Crippen LogP contribution in [0.5, 0.6) is 0 Å². The maximum absolute atomic E-state index is 13.9. The summed E-state index contributed by atoms with van der Waals surface area (Å²) < 4.78 is 13.9. The van der Waals surface area contributed by atoms with Crippen LogP contribution < -0.4 is 15.5 Å². The van der Waals surface area contributed by atoms with E-state index in [1.165, 1.54) is 18.9 Å². The van der Waals surface area contributed by atoms with Gasteiger partial charge in [0.15, 0.2) is 17.6 Å². The van der Waals surface area contributed by atoms with E-state index < -0.39 is 0 Å². The van der Waals surface area contributed by atoms with Crippen molar-refractivity contribution in [2.75, 3.05) is 38.6 Å². The van der Waals surface area contributed by atoms with Crippen LogP contribution in [0.15, 0.2) is 23.3 Å². The minimum absolute atomic E-state index is 0.240. The summed E-state index contributed by atoms with van der Waals surface area (Å²) in [6.07, 6.45) is 5.21. The van der Waals surface area contributed by atoms with Gasteiger partial charge >= 0.3 is 0 Å². The molecule has 0 radical (unpaired) electrons. The van der Waals surface area contributed by atoms with Crippen LogP contribution in [-0.2, 0) is 0 Å². The average Bonchev–Trinajstić information content (AvgIpc) is 3.37. The third kappa shape index (κ3) is 4.60. The van der Waals surface area contributed by atoms with Crippen molar-refractivity contribution in [1.82, 2.24) is 20.5 Å². The SMILES string of the molecule is CN=C(NCC(C)N(C)C1CC1)NC1CCN(c2ncccc2F)C1. The molecule has 2 N–H and O–H groups in total. The third-order valence-corrected chi connectivity index (χ3v) is 5.17. The Hall–Kier alpha value is -1.89. The summed E-state index contributed by atoms with van der Waals surface area (Å²) in [4.78, 5) is 12.9. The maximum Gasteiger partial charge on any atom is 0.191 e. The van der Waals surface area contributed by atoms with Crippen molar-refractivity contribution in [2.24, 2.45) is 4.99 Å². The number of hydrogen-bond donors (Lipinski definition) is 2. The number of halogens is 1. The van der Waals surface area contributed by atoms with Crippen molar-refractivity contribution in [3.05, 3.63) is 24.1 Å². The van der Waals surface area contributed by atoms with E-state index in [1.807, 2.05) is 4.90 Å². The molecule has 1 aliphatic heterocycles. The van der Waals surface area contributed by atoms with Crippen molar-refractivity contribution >= 4 is 11.8 Å². The summed E-state index contributed by atoms with van der Waals surface area (Å²) in [5, 5.41) is 6.87. The first-order valence-corrected chi connectivity index (χ1v) is 9.13. The van der Waals surface area contributed by atoms with Crippen molar-refractivity contribution in [2.45, 2.75) is 44.3 Å². The smallest absolute Gasteiger partial charge is 0.191 e. The number of nitrogens with one attached hydrogen (secondary N) is 2. The van der Waals surface area contributed by atoms with Crippen molar-refractivity contribution in [3.8, 4) is 0 Å².